The van der Waals surface area contributed by atoms with E-state index >= 15 is 0 Å². The highest BCUT2D eigenvalue weighted by Gasteiger charge is 2.39. The van der Waals surface area contributed by atoms with Crippen LogP contribution < -0.4 is 0 Å². The molecule has 6 heteroatoms. The zero-order valence-electron chi connectivity index (χ0n) is 27.3. The fourth-order valence-electron chi connectivity index (χ4n) is 5.22. The molecule has 242 valence electrons. The number of carbonyl (C=O) groups is 3. The van der Waals surface area contributed by atoms with E-state index < -0.39 is 10.0 Å². The Morgan fingerprint density at radius 2 is 0.659 bits per heavy atom. The third kappa shape index (κ3) is 26.8. The number of thioether (sulfide) groups is 2. The van der Waals surface area contributed by atoms with Crippen molar-refractivity contribution in [3.05, 3.63) is 0 Å². The first kappa shape index (κ1) is 40.5. The third-order valence-corrected chi connectivity index (χ3v) is 10.5. The quantitative estimate of drug-likeness (QED) is 0.0618. The molecule has 0 aromatic heterocycles. The van der Waals surface area contributed by atoms with Crippen LogP contribution in [0.3, 0.4) is 0 Å². The summed E-state index contributed by atoms with van der Waals surface area (Å²) in [6.07, 6.45) is 33.3. The number of rotatable bonds is 31. The molecule has 0 spiro atoms. The molecular formula is C35H66O4S2. The van der Waals surface area contributed by atoms with Crippen molar-refractivity contribution in [1.82, 2.24) is 0 Å². The van der Waals surface area contributed by atoms with Gasteiger partial charge in [0.25, 0.3) is 0 Å². The van der Waals surface area contributed by atoms with Crippen LogP contribution in [0.15, 0.2) is 0 Å². The maximum atomic E-state index is 12.5. The first-order valence-electron chi connectivity index (χ1n) is 17.5. The van der Waals surface area contributed by atoms with Gasteiger partial charge in [-0.25, -0.2) is 4.79 Å². The SMILES string of the molecule is CCCCCCCCCCCCCCCC(=O)SC(C)(SC(=O)CCCCCCCCCCCCCCC)C(=O)O. The second-order valence-electron chi connectivity index (χ2n) is 12.2. The van der Waals surface area contributed by atoms with E-state index in [1.807, 2.05) is 0 Å². The molecule has 4 nitrogen and oxygen atoms in total. The Morgan fingerprint density at radius 1 is 0.439 bits per heavy atom. The molecule has 0 bridgehead atoms. The second kappa shape index (κ2) is 29.6. The molecule has 0 aromatic rings. The van der Waals surface area contributed by atoms with Crippen LogP contribution in [-0.4, -0.2) is 25.4 Å². The highest BCUT2D eigenvalue weighted by Crippen LogP contribution is 2.40. The van der Waals surface area contributed by atoms with Crippen molar-refractivity contribution in [2.45, 2.75) is 205 Å². The maximum Gasteiger partial charge on any atom is 0.330 e. The lowest BCUT2D eigenvalue weighted by Crippen LogP contribution is -2.30. The highest BCUT2D eigenvalue weighted by molar-refractivity contribution is 8.31. The van der Waals surface area contributed by atoms with Crippen molar-refractivity contribution in [3.8, 4) is 0 Å². The Morgan fingerprint density at radius 3 is 0.878 bits per heavy atom. The summed E-state index contributed by atoms with van der Waals surface area (Å²) in [5.74, 6) is -1.09. The number of unbranched alkanes of at least 4 members (excludes halogenated alkanes) is 24. The average molecular weight is 615 g/mol. The summed E-state index contributed by atoms with van der Waals surface area (Å²) in [4.78, 5) is 36.9. The summed E-state index contributed by atoms with van der Waals surface area (Å²) in [6, 6.07) is 0. The van der Waals surface area contributed by atoms with E-state index in [4.69, 9.17) is 0 Å². The predicted molar refractivity (Wildman–Crippen MR) is 182 cm³/mol. The molecule has 0 radical (unpaired) electrons. The molecule has 0 aliphatic carbocycles. The normalized spacial score (nSPS) is 11.7. The van der Waals surface area contributed by atoms with E-state index in [1.165, 1.54) is 135 Å². The van der Waals surface area contributed by atoms with Gasteiger partial charge in [0.2, 0.25) is 0 Å². The van der Waals surface area contributed by atoms with Crippen LogP contribution in [0.1, 0.15) is 201 Å². The van der Waals surface area contributed by atoms with Gasteiger partial charge in [0.1, 0.15) is 0 Å². The lowest BCUT2D eigenvalue weighted by Gasteiger charge is -2.21. The van der Waals surface area contributed by atoms with Gasteiger partial charge < -0.3 is 5.11 Å². The Kier molecular flexibility index (Phi) is 29.2. The van der Waals surface area contributed by atoms with Crippen LogP contribution in [0.2, 0.25) is 0 Å². The number of carboxylic acid groups (broad SMARTS) is 1. The molecule has 1 N–H and O–H groups in total. The summed E-state index contributed by atoms with van der Waals surface area (Å²) in [5.41, 5.74) is 0. The van der Waals surface area contributed by atoms with Crippen LogP contribution in [-0.2, 0) is 14.4 Å². The average Bonchev–Trinajstić information content (AvgIpc) is 2.93. The minimum absolute atomic E-state index is 0.112. The summed E-state index contributed by atoms with van der Waals surface area (Å²) < 4.78 is -1.43. The number of hydrogen-bond donors (Lipinski definition) is 1. The topological polar surface area (TPSA) is 71.4 Å². The standard InChI is InChI=1S/C35H66O4S2/c1-4-6-8-10-12-14-16-18-20-22-24-26-28-30-32(36)40-35(3,34(38)39)41-33(37)31-29-27-25-23-21-19-17-15-13-11-9-7-5-2/h4-31H2,1-3H3,(H,38,39). The van der Waals surface area contributed by atoms with Crippen LogP contribution in [0, 0.1) is 0 Å². The first-order chi connectivity index (χ1) is 19.9. The largest absolute Gasteiger partial charge is 0.480 e. The summed E-state index contributed by atoms with van der Waals surface area (Å²) in [7, 11) is 0. The Hall–Kier alpha value is -0.490. The molecule has 0 atom stereocenters. The molecule has 0 aromatic carbocycles. The summed E-state index contributed by atoms with van der Waals surface area (Å²) in [6.45, 7) is 6.02. The van der Waals surface area contributed by atoms with Gasteiger partial charge >= 0.3 is 5.97 Å². The van der Waals surface area contributed by atoms with Crippen molar-refractivity contribution < 1.29 is 19.5 Å². The molecule has 0 heterocycles. The van der Waals surface area contributed by atoms with Gasteiger partial charge in [0.05, 0.1) is 0 Å². The van der Waals surface area contributed by atoms with Crippen molar-refractivity contribution in [1.29, 1.82) is 0 Å². The van der Waals surface area contributed by atoms with Crippen LogP contribution in [0.5, 0.6) is 0 Å². The smallest absolute Gasteiger partial charge is 0.330 e. The minimum atomic E-state index is -1.43. The molecule has 41 heavy (non-hydrogen) atoms. The maximum absolute atomic E-state index is 12.5. The second-order valence-corrected chi connectivity index (χ2v) is 15.4. The van der Waals surface area contributed by atoms with Gasteiger partial charge in [0.15, 0.2) is 14.3 Å². The van der Waals surface area contributed by atoms with Crippen molar-refractivity contribution >= 4 is 39.7 Å². The molecule has 0 unspecified atom stereocenters. The lowest BCUT2D eigenvalue weighted by atomic mass is 10.0. The molecule has 0 amide bonds. The van der Waals surface area contributed by atoms with E-state index in [2.05, 4.69) is 13.8 Å². The molecule has 0 saturated carbocycles. The minimum Gasteiger partial charge on any atom is -0.480 e. The Labute approximate surface area is 263 Å². The van der Waals surface area contributed by atoms with Gasteiger partial charge in [-0.05, 0) is 19.8 Å². The summed E-state index contributed by atoms with van der Waals surface area (Å²) in [5, 5.41) is 9.53. The molecular weight excluding hydrogens is 549 g/mol. The van der Waals surface area contributed by atoms with E-state index in [1.54, 1.807) is 0 Å². The lowest BCUT2D eigenvalue weighted by molar-refractivity contribution is -0.137. The molecule has 0 saturated heterocycles. The fourth-order valence-corrected chi connectivity index (χ4v) is 7.48. The monoisotopic (exact) mass is 614 g/mol. The zero-order chi connectivity index (χ0) is 30.4. The van der Waals surface area contributed by atoms with E-state index in [9.17, 15) is 19.5 Å². The molecule has 0 fully saturated rings. The zero-order valence-corrected chi connectivity index (χ0v) is 28.9. The van der Waals surface area contributed by atoms with Gasteiger partial charge in [-0.15, -0.1) is 0 Å². The van der Waals surface area contributed by atoms with Crippen molar-refractivity contribution in [2.75, 3.05) is 0 Å². The van der Waals surface area contributed by atoms with E-state index in [-0.39, 0.29) is 10.2 Å². The Balaban J connectivity index is 3.83. The van der Waals surface area contributed by atoms with E-state index in [0.717, 1.165) is 62.0 Å². The third-order valence-electron chi connectivity index (χ3n) is 7.97. The molecule has 0 aliphatic heterocycles. The summed E-state index contributed by atoms with van der Waals surface area (Å²) >= 11 is 1.67. The van der Waals surface area contributed by atoms with E-state index in [0.29, 0.717) is 12.8 Å². The number of aliphatic carboxylic acids is 1. The Bertz CT molecular complexity index is 594. The van der Waals surface area contributed by atoms with Gasteiger partial charge in [-0.2, -0.15) is 0 Å². The van der Waals surface area contributed by atoms with Crippen LogP contribution >= 0.6 is 23.5 Å². The van der Waals surface area contributed by atoms with Crippen LogP contribution in [0.25, 0.3) is 0 Å². The number of carboxylic acids is 1. The molecule has 0 rings (SSSR count). The van der Waals surface area contributed by atoms with Gasteiger partial charge in [-0.3, -0.25) is 9.59 Å². The van der Waals surface area contributed by atoms with Crippen molar-refractivity contribution in [2.24, 2.45) is 0 Å². The van der Waals surface area contributed by atoms with Crippen molar-refractivity contribution in [3.63, 3.8) is 0 Å². The van der Waals surface area contributed by atoms with Gasteiger partial charge in [0, 0.05) is 12.8 Å². The first-order valence-corrected chi connectivity index (χ1v) is 19.2. The number of carbonyl (C=O) groups excluding carboxylic acids is 2. The fraction of sp³-hybridized carbons (Fsp3) is 0.914. The highest BCUT2D eigenvalue weighted by atomic mass is 32.2. The number of hydrogen-bond acceptors (Lipinski definition) is 5. The molecule has 0 aliphatic rings. The predicted octanol–water partition coefficient (Wildman–Crippen LogP) is 12.3. The van der Waals surface area contributed by atoms with Gasteiger partial charge in [-0.1, -0.05) is 191 Å². The van der Waals surface area contributed by atoms with Crippen LogP contribution in [0.4, 0.5) is 0 Å².